The molecule has 3 aromatic rings. The predicted octanol–water partition coefficient (Wildman–Crippen LogP) is 3.67. The second kappa shape index (κ2) is 6.92. The number of para-hydroxylation sites is 1. The van der Waals surface area contributed by atoms with E-state index in [4.69, 9.17) is 5.73 Å². The highest BCUT2D eigenvalue weighted by atomic mass is 127. The normalized spacial score (nSPS) is 11.4. The van der Waals surface area contributed by atoms with E-state index in [0.29, 0.717) is 10.8 Å². The zero-order chi connectivity index (χ0) is 16.2. The number of aromatic nitrogens is 1. The number of nitrogens with zero attached hydrogens (tertiary/aromatic N) is 2. The third kappa shape index (κ3) is 4.17. The molecule has 0 fully saturated rings. The van der Waals surface area contributed by atoms with Crippen molar-refractivity contribution in [3.8, 4) is 0 Å². The molecule has 0 saturated heterocycles. The molecule has 23 heavy (non-hydrogen) atoms. The molecule has 0 aliphatic rings. The fraction of sp³-hybridized carbons (Fsp3) is 0. The van der Waals surface area contributed by atoms with Gasteiger partial charge in [-0.15, -0.1) is 0 Å². The molecule has 2 aromatic carbocycles. The molecule has 0 spiro atoms. The van der Waals surface area contributed by atoms with Crippen LogP contribution in [0.1, 0.15) is 0 Å². The molecule has 0 aliphatic carbocycles. The molecule has 2 amide bonds. The number of thiazole rings is 1. The highest BCUT2D eigenvalue weighted by Crippen LogP contribution is 2.27. The molecule has 116 valence electrons. The van der Waals surface area contributed by atoms with Crippen molar-refractivity contribution in [1.82, 2.24) is 10.3 Å². The summed E-state index contributed by atoms with van der Waals surface area (Å²) in [6, 6.07) is 14.7. The lowest BCUT2D eigenvalue weighted by molar-refractivity contribution is 0.256. The van der Waals surface area contributed by atoms with Crippen molar-refractivity contribution in [2.75, 3.05) is 5.32 Å². The molecule has 6 nitrogen and oxygen atoms in total. The number of hydrogen-bond donors (Lipinski definition) is 3. The topological polar surface area (TPSA) is 92.4 Å². The number of hydrogen-bond acceptors (Lipinski definition) is 4. The van der Waals surface area contributed by atoms with Crippen LogP contribution in [0.15, 0.2) is 53.5 Å². The van der Waals surface area contributed by atoms with Gasteiger partial charge in [-0.05, 0) is 52.9 Å². The van der Waals surface area contributed by atoms with Crippen molar-refractivity contribution in [1.29, 1.82) is 0 Å². The lowest BCUT2D eigenvalue weighted by Crippen LogP contribution is -2.39. The molecule has 8 heteroatoms. The number of aliphatic imine (C=N–C) groups is 1. The Kier molecular flexibility index (Phi) is 4.72. The van der Waals surface area contributed by atoms with Crippen LogP contribution in [0.2, 0.25) is 0 Å². The zero-order valence-electron chi connectivity index (χ0n) is 11.8. The summed E-state index contributed by atoms with van der Waals surface area (Å²) in [5.74, 6) is -0.00724. The van der Waals surface area contributed by atoms with Gasteiger partial charge in [0.25, 0.3) is 0 Å². The smallest absolute Gasteiger partial charge is 0.325 e. The van der Waals surface area contributed by atoms with Crippen LogP contribution in [0.3, 0.4) is 0 Å². The van der Waals surface area contributed by atoms with E-state index in [2.05, 4.69) is 43.2 Å². The molecule has 4 N–H and O–H groups in total. The third-order valence-electron chi connectivity index (χ3n) is 2.82. The van der Waals surface area contributed by atoms with Gasteiger partial charge in [-0.3, -0.25) is 5.32 Å². The van der Waals surface area contributed by atoms with Gasteiger partial charge in [-0.1, -0.05) is 29.5 Å². The maximum absolute atomic E-state index is 11.9. The van der Waals surface area contributed by atoms with Crippen molar-refractivity contribution in [2.24, 2.45) is 10.7 Å². The summed E-state index contributed by atoms with van der Waals surface area (Å²) >= 11 is 3.58. The fourth-order valence-electron chi connectivity index (χ4n) is 1.88. The Morgan fingerprint density at radius 1 is 1.22 bits per heavy atom. The van der Waals surface area contributed by atoms with Crippen LogP contribution in [-0.2, 0) is 0 Å². The number of benzene rings is 2. The molecular formula is C15H12IN5OS. The van der Waals surface area contributed by atoms with Crippen molar-refractivity contribution < 1.29 is 4.79 Å². The summed E-state index contributed by atoms with van der Waals surface area (Å²) in [5.41, 5.74) is 7.29. The average molecular weight is 437 g/mol. The van der Waals surface area contributed by atoms with Crippen LogP contribution >= 0.6 is 33.9 Å². The average Bonchev–Trinajstić information content (AvgIpc) is 2.88. The number of urea groups is 1. The minimum absolute atomic E-state index is 0.00724. The van der Waals surface area contributed by atoms with Gasteiger partial charge < -0.3 is 11.1 Å². The number of halogens is 1. The summed E-state index contributed by atoms with van der Waals surface area (Å²) in [6.45, 7) is 0. The number of fused-ring (bicyclic) bond motifs is 1. The summed E-state index contributed by atoms with van der Waals surface area (Å²) in [7, 11) is 0. The molecule has 1 aromatic heterocycles. The summed E-state index contributed by atoms with van der Waals surface area (Å²) < 4.78 is 2.04. The first-order valence-electron chi connectivity index (χ1n) is 6.63. The molecule has 0 aliphatic heterocycles. The maximum Gasteiger partial charge on any atom is 0.325 e. The Balaban J connectivity index is 1.67. The van der Waals surface area contributed by atoms with E-state index in [-0.39, 0.29) is 5.96 Å². The van der Waals surface area contributed by atoms with Crippen LogP contribution in [0, 0.1) is 3.57 Å². The molecular weight excluding hydrogens is 425 g/mol. The quantitative estimate of drug-likeness (QED) is 0.325. The maximum atomic E-state index is 11.9. The summed E-state index contributed by atoms with van der Waals surface area (Å²) in [4.78, 5) is 20.4. The van der Waals surface area contributed by atoms with Crippen LogP contribution in [0.5, 0.6) is 0 Å². The third-order valence-corrected chi connectivity index (χ3v) is 4.42. The zero-order valence-corrected chi connectivity index (χ0v) is 14.8. The highest BCUT2D eigenvalue weighted by molar-refractivity contribution is 14.1. The Morgan fingerprint density at radius 3 is 2.83 bits per heavy atom. The lowest BCUT2D eigenvalue weighted by atomic mass is 10.3. The van der Waals surface area contributed by atoms with E-state index in [1.54, 1.807) is 6.07 Å². The number of anilines is 1. The van der Waals surface area contributed by atoms with E-state index < -0.39 is 6.03 Å². The molecule has 0 unspecified atom stereocenters. The van der Waals surface area contributed by atoms with Gasteiger partial charge in [0.05, 0.1) is 10.2 Å². The Morgan fingerprint density at radius 2 is 2.04 bits per heavy atom. The van der Waals surface area contributed by atoms with Crippen LogP contribution in [0.25, 0.3) is 10.2 Å². The second-order valence-electron chi connectivity index (χ2n) is 4.55. The first-order valence-corrected chi connectivity index (χ1v) is 8.53. The molecule has 1 heterocycles. The van der Waals surface area contributed by atoms with Gasteiger partial charge in [0.15, 0.2) is 0 Å². The predicted molar refractivity (Wildman–Crippen MR) is 102 cm³/mol. The van der Waals surface area contributed by atoms with Gasteiger partial charge in [-0.25, -0.2) is 9.78 Å². The number of guanidine groups is 1. The number of rotatable bonds is 2. The largest absolute Gasteiger partial charge is 0.369 e. The first kappa shape index (κ1) is 15.7. The number of carbonyl (C=O) groups is 1. The highest BCUT2D eigenvalue weighted by Gasteiger charge is 2.06. The SMILES string of the molecule is NC(=Nc1nc2ccccc2s1)NC(=O)Nc1cccc(I)c1. The Labute approximate surface area is 150 Å². The van der Waals surface area contributed by atoms with Gasteiger partial charge in [0, 0.05) is 9.26 Å². The van der Waals surface area contributed by atoms with E-state index in [0.717, 1.165) is 13.8 Å². The minimum Gasteiger partial charge on any atom is -0.369 e. The second-order valence-corrected chi connectivity index (χ2v) is 6.81. The number of amides is 2. The van der Waals surface area contributed by atoms with E-state index in [9.17, 15) is 4.79 Å². The Hall–Kier alpha value is -2.20. The first-order chi connectivity index (χ1) is 11.1. The monoisotopic (exact) mass is 437 g/mol. The van der Waals surface area contributed by atoms with Crippen LogP contribution < -0.4 is 16.4 Å². The molecule has 3 rings (SSSR count). The molecule has 0 radical (unpaired) electrons. The molecule has 0 atom stereocenters. The standard InChI is InChI=1S/C15H12IN5OS/c16-9-4-3-5-10(8-9)18-14(22)20-13(17)21-15-19-11-6-1-2-7-12(11)23-15/h1-8H,(H4,17,18,19,20,21,22). The van der Waals surface area contributed by atoms with E-state index in [1.807, 2.05) is 42.5 Å². The summed E-state index contributed by atoms with van der Waals surface area (Å²) in [5, 5.41) is 5.67. The van der Waals surface area contributed by atoms with E-state index >= 15 is 0 Å². The number of nitrogens with one attached hydrogen (secondary N) is 2. The van der Waals surface area contributed by atoms with Gasteiger partial charge >= 0.3 is 6.03 Å². The lowest BCUT2D eigenvalue weighted by Gasteiger charge is -2.06. The van der Waals surface area contributed by atoms with E-state index in [1.165, 1.54) is 11.3 Å². The summed E-state index contributed by atoms with van der Waals surface area (Å²) in [6.07, 6.45) is 0. The van der Waals surface area contributed by atoms with Crippen LogP contribution in [-0.4, -0.2) is 17.0 Å². The van der Waals surface area contributed by atoms with Crippen molar-refractivity contribution in [3.05, 3.63) is 52.1 Å². The fourth-order valence-corrected chi connectivity index (χ4v) is 3.28. The minimum atomic E-state index is -0.450. The Bertz CT molecular complexity index is 859. The van der Waals surface area contributed by atoms with Gasteiger partial charge in [0.2, 0.25) is 11.1 Å². The van der Waals surface area contributed by atoms with Crippen molar-refractivity contribution >= 4 is 67.0 Å². The number of carbonyl (C=O) groups excluding carboxylic acids is 1. The number of nitrogens with two attached hydrogens (primary N) is 1. The van der Waals surface area contributed by atoms with Crippen molar-refractivity contribution in [2.45, 2.75) is 0 Å². The van der Waals surface area contributed by atoms with Gasteiger partial charge in [0.1, 0.15) is 0 Å². The molecule has 0 bridgehead atoms. The van der Waals surface area contributed by atoms with Crippen LogP contribution in [0.4, 0.5) is 15.6 Å². The molecule has 0 saturated carbocycles. The van der Waals surface area contributed by atoms with Gasteiger partial charge in [-0.2, -0.15) is 4.99 Å². The van der Waals surface area contributed by atoms with Crippen molar-refractivity contribution in [3.63, 3.8) is 0 Å².